The molecule has 0 radical (unpaired) electrons. The second-order valence-corrected chi connectivity index (χ2v) is 7.75. The second kappa shape index (κ2) is 10.5. The number of rotatable bonds is 8. The number of guanidine groups is 1. The number of hydrogen-bond acceptors (Lipinski definition) is 6. The standard InChI is InChI=1S/C20H35N9O/c1-15-18(16(2)28(5)26-15)13-22-20(23-14-19-25-24-17(3)27(19)4)21-7-6-8-29-9-11-30-12-10-29/h6-14H2,1-5H3,(H2,21,22,23). The summed E-state index contributed by atoms with van der Waals surface area (Å²) >= 11 is 0. The van der Waals surface area contributed by atoms with E-state index in [1.807, 2.05) is 37.2 Å². The number of hydrogen-bond donors (Lipinski definition) is 2. The van der Waals surface area contributed by atoms with Crippen LogP contribution in [0.2, 0.25) is 0 Å². The van der Waals surface area contributed by atoms with Gasteiger partial charge in [0.25, 0.3) is 0 Å². The third-order valence-corrected chi connectivity index (χ3v) is 5.70. The number of nitrogens with one attached hydrogen (secondary N) is 2. The third-order valence-electron chi connectivity index (χ3n) is 5.70. The SMILES string of the molecule is Cc1nn(C)c(C)c1CN=C(NCCCN1CCOCC1)NCc1nnc(C)n1C. The van der Waals surface area contributed by atoms with Crippen molar-refractivity contribution in [2.75, 3.05) is 39.4 Å². The van der Waals surface area contributed by atoms with Crippen LogP contribution >= 0.6 is 0 Å². The number of nitrogens with zero attached hydrogens (tertiary/aromatic N) is 7. The number of aliphatic imine (C=N–C) groups is 1. The average molecular weight is 418 g/mol. The van der Waals surface area contributed by atoms with Crippen molar-refractivity contribution in [1.82, 2.24) is 40.1 Å². The molecule has 0 aromatic carbocycles. The van der Waals surface area contributed by atoms with E-state index in [0.29, 0.717) is 13.1 Å². The van der Waals surface area contributed by atoms with Crippen LogP contribution in [0.4, 0.5) is 0 Å². The molecule has 0 bridgehead atoms. The zero-order chi connectivity index (χ0) is 21.5. The molecular weight excluding hydrogens is 382 g/mol. The summed E-state index contributed by atoms with van der Waals surface area (Å²) in [5.74, 6) is 2.55. The Hall–Kier alpha value is -2.46. The lowest BCUT2D eigenvalue weighted by atomic mass is 10.2. The van der Waals surface area contributed by atoms with Gasteiger partial charge in [-0.1, -0.05) is 0 Å². The topological polar surface area (TPSA) is 97.4 Å². The van der Waals surface area contributed by atoms with Gasteiger partial charge in [0.2, 0.25) is 0 Å². The minimum atomic E-state index is 0.567. The Morgan fingerprint density at radius 3 is 2.50 bits per heavy atom. The zero-order valence-electron chi connectivity index (χ0n) is 18.9. The fraction of sp³-hybridized carbons (Fsp3) is 0.700. The monoisotopic (exact) mass is 417 g/mol. The molecule has 2 N–H and O–H groups in total. The van der Waals surface area contributed by atoms with E-state index in [1.54, 1.807) is 0 Å². The molecule has 10 nitrogen and oxygen atoms in total. The van der Waals surface area contributed by atoms with Crippen LogP contribution in [0.1, 0.15) is 35.0 Å². The Bertz CT molecular complexity index is 849. The Balaban J connectivity index is 1.58. The highest BCUT2D eigenvalue weighted by Crippen LogP contribution is 2.12. The highest BCUT2D eigenvalue weighted by Gasteiger charge is 2.12. The van der Waals surface area contributed by atoms with E-state index >= 15 is 0 Å². The molecule has 0 spiro atoms. The Morgan fingerprint density at radius 1 is 1.10 bits per heavy atom. The van der Waals surface area contributed by atoms with Crippen molar-refractivity contribution < 1.29 is 4.74 Å². The molecule has 30 heavy (non-hydrogen) atoms. The van der Waals surface area contributed by atoms with Gasteiger partial charge in [-0.2, -0.15) is 5.10 Å². The first-order valence-corrected chi connectivity index (χ1v) is 10.6. The molecule has 1 aliphatic heterocycles. The molecule has 0 unspecified atom stereocenters. The van der Waals surface area contributed by atoms with Crippen LogP contribution in [0.25, 0.3) is 0 Å². The Morgan fingerprint density at radius 2 is 1.87 bits per heavy atom. The van der Waals surface area contributed by atoms with Crippen LogP contribution in [-0.2, 0) is 31.9 Å². The first-order chi connectivity index (χ1) is 14.5. The van der Waals surface area contributed by atoms with Gasteiger partial charge < -0.3 is 19.9 Å². The minimum absolute atomic E-state index is 0.567. The molecular formula is C20H35N9O. The van der Waals surface area contributed by atoms with E-state index in [9.17, 15) is 0 Å². The summed E-state index contributed by atoms with van der Waals surface area (Å²) in [5.41, 5.74) is 3.34. The van der Waals surface area contributed by atoms with Gasteiger partial charge in [0, 0.05) is 45.0 Å². The molecule has 3 heterocycles. The molecule has 10 heteroatoms. The maximum Gasteiger partial charge on any atom is 0.191 e. The number of aromatic nitrogens is 5. The predicted octanol–water partition coefficient (Wildman–Crippen LogP) is 0.432. The first kappa shape index (κ1) is 22.2. The van der Waals surface area contributed by atoms with Crippen LogP contribution in [0.5, 0.6) is 0 Å². The number of ether oxygens (including phenoxy) is 1. The van der Waals surface area contributed by atoms with Gasteiger partial charge in [-0.05, 0) is 33.7 Å². The fourth-order valence-corrected chi connectivity index (χ4v) is 3.48. The van der Waals surface area contributed by atoms with E-state index in [4.69, 9.17) is 9.73 Å². The maximum atomic E-state index is 5.42. The van der Waals surface area contributed by atoms with Crippen molar-refractivity contribution in [2.45, 2.75) is 40.3 Å². The van der Waals surface area contributed by atoms with Crippen molar-refractivity contribution in [3.63, 3.8) is 0 Å². The van der Waals surface area contributed by atoms with Crippen molar-refractivity contribution in [1.29, 1.82) is 0 Å². The largest absolute Gasteiger partial charge is 0.379 e. The molecule has 0 atom stereocenters. The van der Waals surface area contributed by atoms with Crippen molar-refractivity contribution in [2.24, 2.45) is 19.1 Å². The third kappa shape index (κ3) is 5.79. The van der Waals surface area contributed by atoms with Gasteiger partial charge in [0.05, 0.1) is 32.0 Å². The van der Waals surface area contributed by atoms with E-state index in [2.05, 4.69) is 37.8 Å². The van der Waals surface area contributed by atoms with Crippen molar-refractivity contribution in [3.05, 3.63) is 28.6 Å². The summed E-state index contributed by atoms with van der Waals surface area (Å²) in [7, 11) is 3.94. The van der Waals surface area contributed by atoms with E-state index in [1.165, 1.54) is 5.56 Å². The maximum absolute atomic E-state index is 5.42. The van der Waals surface area contributed by atoms with Crippen molar-refractivity contribution >= 4 is 5.96 Å². The number of aryl methyl sites for hydroxylation is 3. The van der Waals surface area contributed by atoms with E-state index < -0.39 is 0 Å². The van der Waals surface area contributed by atoms with E-state index in [-0.39, 0.29) is 0 Å². The molecule has 1 saturated heterocycles. The second-order valence-electron chi connectivity index (χ2n) is 7.75. The smallest absolute Gasteiger partial charge is 0.191 e. The summed E-state index contributed by atoms with van der Waals surface area (Å²) in [6.07, 6.45) is 1.05. The van der Waals surface area contributed by atoms with Gasteiger partial charge in [-0.15, -0.1) is 10.2 Å². The summed E-state index contributed by atoms with van der Waals surface area (Å²) < 4.78 is 9.31. The molecule has 2 aromatic rings. The van der Waals surface area contributed by atoms with Gasteiger partial charge in [0.1, 0.15) is 5.82 Å². The summed E-state index contributed by atoms with van der Waals surface area (Å²) in [4.78, 5) is 7.26. The molecule has 0 saturated carbocycles. The van der Waals surface area contributed by atoms with Crippen LogP contribution in [0.3, 0.4) is 0 Å². The Kier molecular flexibility index (Phi) is 7.81. The highest BCUT2D eigenvalue weighted by atomic mass is 16.5. The molecule has 0 amide bonds. The Labute approximate surface area is 178 Å². The fourth-order valence-electron chi connectivity index (χ4n) is 3.48. The van der Waals surface area contributed by atoms with Gasteiger partial charge in [-0.3, -0.25) is 9.58 Å². The number of morpholine rings is 1. The first-order valence-electron chi connectivity index (χ1n) is 10.6. The highest BCUT2D eigenvalue weighted by molar-refractivity contribution is 5.79. The predicted molar refractivity (Wildman–Crippen MR) is 116 cm³/mol. The summed E-state index contributed by atoms with van der Waals surface area (Å²) in [5, 5.41) is 19.7. The van der Waals surface area contributed by atoms with Gasteiger partial charge in [-0.25, -0.2) is 4.99 Å². The average Bonchev–Trinajstić information content (AvgIpc) is 3.19. The van der Waals surface area contributed by atoms with Crippen LogP contribution in [-0.4, -0.2) is 74.8 Å². The molecule has 1 aliphatic rings. The van der Waals surface area contributed by atoms with Crippen molar-refractivity contribution in [3.8, 4) is 0 Å². The lowest BCUT2D eigenvalue weighted by molar-refractivity contribution is 0.0376. The molecule has 0 aliphatic carbocycles. The molecule has 3 rings (SSSR count). The van der Waals surface area contributed by atoms with Crippen LogP contribution < -0.4 is 10.6 Å². The van der Waals surface area contributed by atoms with Crippen LogP contribution in [0, 0.1) is 20.8 Å². The minimum Gasteiger partial charge on any atom is -0.379 e. The molecule has 1 fully saturated rings. The van der Waals surface area contributed by atoms with Crippen LogP contribution in [0.15, 0.2) is 4.99 Å². The van der Waals surface area contributed by atoms with E-state index in [0.717, 1.165) is 74.8 Å². The summed E-state index contributed by atoms with van der Waals surface area (Å²) in [6.45, 7) is 12.8. The normalized spacial score (nSPS) is 15.6. The lowest BCUT2D eigenvalue weighted by Gasteiger charge is -2.26. The molecule has 2 aromatic heterocycles. The van der Waals surface area contributed by atoms with Gasteiger partial charge in [0.15, 0.2) is 11.8 Å². The molecule has 166 valence electrons. The summed E-state index contributed by atoms with van der Waals surface area (Å²) in [6, 6.07) is 0. The lowest BCUT2D eigenvalue weighted by Crippen LogP contribution is -2.40. The quantitative estimate of drug-likeness (QED) is 0.365. The van der Waals surface area contributed by atoms with Gasteiger partial charge >= 0.3 is 0 Å². The zero-order valence-corrected chi connectivity index (χ0v) is 18.9.